The Morgan fingerprint density at radius 2 is 2.09 bits per heavy atom. The van der Waals surface area contributed by atoms with E-state index < -0.39 is 5.54 Å². The van der Waals surface area contributed by atoms with Crippen molar-refractivity contribution in [3.8, 4) is 0 Å². The van der Waals surface area contributed by atoms with Gasteiger partial charge in [0.25, 0.3) is 5.69 Å². The van der Waals surface area contributed by atoms with Crippen LogP contribution >= 0.6 is 0 Å². The fraction of sp³-hybridized carbons (Fsp3) is 0.588. The van der Waals surface area contributed by atoms with E-state index >= 15 is 0 Å². The van der Waals surface area contributed by atoms with Crippen molar-refractivity contribution in [2.75, 3.05) is 6.54 Å². The maximum atomic E-state index is 13.0. The zero-order chi connectivity index (χ0) is 16.4. The summed E-state index contributed by atoms with van der Waals surface area (Å²) < 4.78 is 0. The van der Waals surface area contributed by atoms with Crippen LogP contribution in [0.4, 0.5) is 5.69 Å². The summed E-state index contributed by atoms with van der Waals surface area (Å²) in [5.41, 5.74) is 0.393. The largest absolute Gasteiger partial charge is 0.321 e. The predicted molar refractivity (Wildman–Crippen MR) is 86.8 cm³/mol. The van der Waals surface area contributed by atoms with Gasteiger partial charge in [-0.2, -0.15) is 0 Å². The third-order valence-corrected chi connectivity index (χ3v) is 4.96. The van der Waals surface area contributed by atoms with Crippen molar-refractivity contribution in [3.63, 3.8) is 0 Å². The minimum absolute atomic E-state index is 0.0674. The SMILES string of the molecule is CCCN1C(=O)C2(CCCCC2)NC1c1cccc([N+](=O)[O-])c1. The smallest absolute Gasteiger partial charge is 0.269 e. The van der Waals surface area contributed by atoms with E-state index in [4.69, 9.17) is 0 Å². The zero-order valence-electron chi connectivity index (χ0n) is 13.5. The average molecular weight is 317 g/mol. The summed E-state index contributed by atoms with van der Waals surface area (Å²) in [4.78, 5) is 25.5. The molecule has 1 spiro atoms. The molecule has 23 heavy (non-hydrogen) atoms. The lowest BCUT2D eigenvalue weighted by Gasteiger charge is -2.31. The Morgan fingerprint density at radius 1 is 1.35 bits per heavy atom. The molecular weight excluding hydrogens is 294 g/mol. The van der Waals surface area contributed by atoms with Crippen LogP contribution in [0, 0.1) is 10.1 Å². The number of nitro groups is 1. The second-order valence-corrected chi connectivity index (χ2v) is 6.54. The highest BCUT2D eigenvalue weighted by Gasteiger charge is 2.51. The lowest BCUT2D eigenvalue weighted by molar-refractivity contribution is -0.385. The van der Waals surface area contributed by atoms with E-state index in [1.54, 1.807) is 12.1 Å². The van der Waals surface area contributed by atoms with Crippen LogP contribution in [0.1, 0.15) is 57.2 Å². The molecule has 1 saturated carbocycles. The quantitative estimate of drug-likeness (QED) is 0.684. The number of benzene rings is 1. The van der Waals surface area contributed by atoms with Gasteiger partial charge in [-0.05, 0) is 24.8 Å². The fourth-order valence-corrected chi connectivity index (χ4v) is 3.85. The first-order valence-electron chi connectivity index (χ1n) is 8.40. The maximum absolute atomic E-state index is 13.0. The van der Waals surface area contributed by atoms with Crippen LogP contribution in [0.15, 0.2) is 24.3 Å². The van der Waals surface area contributed by atoms with E-state index in [0.717, 1.165) is 37.7 Å². The molecule has 124 valence electrons. The Labute approximate surface area is 136 Å². The normalized spacial score (nSPS) is 23.4. The number of rotatable bonds is 4. The number of hydrogen-bond donors (Lipinski definition) is 1. The van der Waals surface area contributed by atoms with E-state index in [0.29, 0.717) is 6.54 Å². The Kier molecular flexibility index (Phi) is 4.35. The standard InChI is InChI=1S/C17H23N3O3/c1-2-11-19-15(13-7-6-8-14(12-13)20(22)23)18-17(16(19)21)9-4-3-5-10-17/h6-8,12,15,18H,2-5,9-11H2,1H3. The molecule has 3 rings (SSSR count). The Bertz CT molecular complexity index is 611. The van der Waals surface area contributed by atoms with Gasteiger partial charge >= 0.3 is 0 Å². The summed E-state index contributed by atoms with van der Waals surface area (Å²) in [5, 5.41) is 14.6. The molecule has 1 aliphatic carbocycles. The number of non-ortho nitro benzene ring substituents is 1. The molecule has 0 bridgehead atoms. The molecule has 1 amide bonds. The van der Waals surface area contributed by atoms with Gasteiger partial charge in [0.1, 0.15) is 6.17 Å². The van der Waals surface area contributed by atoms with Crippen molar-refractivity contribution < 1.29 is 9.72 Å². The van der Waals surface area contributed by atoms with Crippen LogP contribution in [-0.2, 0) is 4.79 Å². The molecule has 2 fully saturated rings. The number of amides is 1. The molecule has 0 radical (unpaired) electrons. The average Bonchev–Trinajstić information content (AvgIpc) is 2.82. The second kappa shape index (κ2) is 6.28. The molecule has 1 aliphatic heterocycles. The van der Waals surface area contributed by atoms with Crippen molar-refractivity contribution >= 4 is 11.6 Å². The summed E-state index contributed by atoms with van der Waals surface area (Å²) in [6, 6.07) is 6.62. The van der Waals surface area contributed by atoms with Gasteiger partial charge in [0.2, 0.25) is 5.91 Å². The minimum Gasteiger partial charge on any atom is -0.321 e. The van der Waals surface area contributed by atoms with Crippen molar-refractivity contribution in [1.82, 2.24) is 10.2 Å². The van der Waals surface area contributed by atoms with Gasteiger partial charge in [-0.25, -0.2) is 0 Å². The van der Waals surface area contributed by atoms with Crippen LogP contribution in [0.25, 0.3) is 0 Å². The maximum Gasteiger partial charge on any atom is 0.269 e. The van der Waals surface area contributed by atoms with E-state index in [-0.39, 0.29) is 22.7 Å². The molecule has 6 heteroatoms. The summed E-state index contributed by atoms with van der Waals surface area (Å²) in [5.74, 6) is 0.163. The highest BCUT2D eigenvalue weighted by molar-refractivity contribution is 5.89. The lowest BCUT2D eigenvalue weighted by atomic mass is 9.81. The molecular formula is C17H23N3O3. The number of hydrogen-bond acceptors (Lipinski definition) is 4. The third kappa shape index (κ3) is 2.83. The first-order valence-corrected chi connectivity index (χ1v) is 8.40. The van der Waals surface area contributed by atoms with E-state index in [9.17, 15) is 14.9 Å². The molecule has 0 aromatic heterocycles. The summed E-state index contributed by atoms with van der Waals surface area (Å²) in [6.07, 6.45) is 5.61. The minimum atomic E-state index is -0.470. The van der Waals surface area contributed by atoms with Gasteiger partial charge in [0, 0.05) is 18.7 Å². The Morgan fingerprint density at radius 3 is 2.74 bits per heavy atom. The molecule has 2 aliphatic rings. The Hall–Kier alpha value is -1.95. The van der Waals surface area contributed by atoms with E-state index in [1.807, 2.05) is 17.9 Å². The number of nitrogens with zero attached hydrogens (tertiary/aromatic N) is 2. The van der Waals surface area contributed by atoms with Gasteiger partial charge in [-0.15, -0.1) is 0 Å². The van der Waals surface area contributed by atoms with Gasteiger partial charge in [-0.3, -0.25) is 20.2 Å². The molecule has 1 aromatic carbocycles. The molecule has 1 saturated heterocycles. The highest BCUT2D eigenvalue weighted by atomic mass is 16.6. The van der Waals surface area contributed by atoms with Crippen molar-refractivity contribution in [1.29, 1.82) is 0 Å². The number of nitrogens with one attached hydrogen (secondary N) is 1. The first-order chi connectivity index (χ1) is 11.1. The summed E-state index contributed by atoms with van der Waals surface area (Å²) >= 11 is 0. The monoisotopic (exact) mass is 317 g/mol. The lowest BCUT2D eigenvalue weighted by Crippen LogP contribution is -2.48. The van der Waals surface area contributed by atoms with Crippen LogP contribution < -0.4 is 5.32 Å². The van der Waals surface area contributed by atoms with Gasteiger partial charge in [0.05, 0.1) is 10.5 Å². The Balaban J connectivity index is 1.94. The van der Waals surface area contributed by atoms with E-state index in [1.165, 1.54) is 12.5 Å². The van der Waals surface area contributed by atoms with Crippen LogP contribution in [0.2, 0.25) is 0 Å². The molecule has 6 nitrogen and oxygen atoms in total. The van der Waals surface area contributed by atoms with Crippen LogP contribution in [0.5, 0.6) is 0 Å². The molecule has 1 heterocycles. The van der Waals surface area contributed by atoms with Crippen molar-refractivity contribution in [3.05, 3.63) is 39.9 Å². The third-order valence-electron chi connectivity index (χ3n) is 4.96. The summed E-state index contributed by atoms with van der Waals surface area (Å²) in [6.45, 7) is 2.71. The van der Waals surface area contributed by atoms with Gasteiger partial charge < -0.3 is 4.90 Å². The van der Waals surface area contributed by atoms with E-state index in [2.05, 4.69) is 5.32 Å². The number of carbonyl (C=O) groups is 1. The number of carbonyl (C=O) groups excluding carboxylic acids is 1. The first kappa shape index (κ1) is 15.9. The summed E-state index contributed by atoms with van der Waals surface area (Å²) in [7, 11) is 0. The molecule has 1 unspecified atom stereocenters. The van der Waals surface area contributed by atoms with Crippen LogP contribution in [-0.4, -0.2) is 27.8 Å². The van der Waals surface area contributed by atoms with Crippen LogP contribution in [0.3, 0.4) is 0 Å². The molecule has 1 aromatic rings. The molecule has 1 N–H and O–H groups in total. The predicted octanol–water partition coefficient (Wildman–Crippen LogP) is 3.14. The fourth-order valence-electron chi connectivity index (χ4n) is 3.85. The van der Waals surface area contributed by atoms with Crippen molar-refractivity contribution in [2.45, 2.75) is 57.2 Å². The second-order valence-electron chi connectivity index (χ2n) is 6.54. The topological polar surface area (TPSA) is 75.5 Å². The molecule has 1 atom stereocenters. The van der Waals surface area contributed by atoms with Gasteiger partial charge in [0.15, 0.2) is 0 Å². The highest BCUT2D eigenvalue weighted by Crippen LogP contribution is 2.40. The number of nitro benzene ring substituents is 1. The van der Waals surface area contributed by atoms with Gasteiger partial charge in [-0.1, -0.05) is 38.3 Å². The van der Waals surface area contributed by atoms with Crippen molar-refractivity contribution in [2.24, 2.45) is 0 Å². The zero-order valence-corrected chi connectivity index (χ0v) is 13.5.